The van der Waals surface area contributed by atoms with Crippen molar-refractivity contribution >= 4 is 34.7 Å². The summed E-state index contributed by atoms with van der Waals surface area (Å²) in [4.78, 5) is 12.3. The molecule has 134 valence electrons. The van der Waals surface area contributed by atoms with Gasteiger partial charge in [-0.2, -0.15) is 0 Å². The number of benzene rings is 1. The second kappa shape index (κ2) is 8.24. The third kappa shape index (κ3) is 4.36. The molecule has 0 aliphatic carbocycles. The van der Waals surface area contributed by atoms with Crippen molar-refractivity contribution < 1.29 is 4.79 Å². The number of hydrogen-bond acceptors (Lipinski definition) is 7. The van der Waals surface area contributed by atoms with Gasteiger partial charge in [0.05, 0.1) is 5.75 Å². The maximum atomic E-state index is 12.3. The summed E-state index contributed by atoms with van der Waals surface area (Å²) in [6, 6.07) is 7.61. The molecule has 7 nitrogen and oxygen atoms in total. The number of rotatable bonds is 7. The van der Waals surface area contributed by atoms with E-state index in [1.165, 1.54) is 23.1 Å². The van der Waals surface area contributed by atoms with Crippen LogP contribution in [0.25, 0.3) is 0 Å². The number of allylic oxidation sites excluding steroid dienone is 1. The van der Waals surface area contributed by atoms with Crippen molar-refractivity contribution in [2.24, 2.45) is 0 Å². The molecule has 1 aromatic carbocycles. The minimum absolute atomic E-state index is 0.256. The summed E-state index contributed by atoms with van der Waals surface area (Å²) in [5.74, 6) is 1.15. The normalized spacial score (nSPS) is 10.7. The summed E-state index contributed by atoms with van der Waals surface area (Å²) in [6.45, 7) is 8.30. The summed E-state index contributed by atoms with van der Waals surface area (Å²) < 4.78 is 1.98. The number of nitrogens with one attached hydrogen (secondary N) is 1. The minimum atomic E-state index is -0.256. The monoisotopic (exact) mass is 386 g/mol. The highest BCUT2D eigenvalue weighted by atomic mass is 32.2. The minimum Gasteiger partial charge on any atom is -0.320 e. The van der Waals surface area contributed by atoms with Crippen LogP contribution < -0.4 is 5.32 Å². The van der Waals surface area contributed by atoms with E-state index >= 15 is 0 Å². The fourth-order valence-electron chi connectivity index (χ4n) is 2.16. The van der Waals surface area contributed by atoms with E-state index in [0.29, 0.717) is 17.3 Å². The Balaban J connectivity index is 1.62. The van der Waals surface area contributed by atoms with E-state index in [1.807, 2.05) is 42.7 Å². The van der Waals surface area contributed by atoms with E-state index in [0.717, 1.165) is 27.2 Å². The standard InChI is InChI=1S/C17H18N6OS2/c1-4-9-23-12(3)19-22-17(23)25-10-14-20-21-16(26-14)15(24)18-13-7-5-11(2)6-8-13/h4-8H,1,9-10H2,2-3H3,(H,18,24). The molecular weight excluding hydrogens is 368 g/mol. The third-order valence-electron chi connectivity index (χ3n) is 3.51. The number of amides is 1. The van der Waals surface area contributed by atoms with Crippen LogP contribution in [-0.4, -0.2) is 30.9 Å². The van der Waals surface area contributed by atoms with Crippen molar-refractivity contribution in [2.45, 2.75) is 31.3 Å². The van der Waals surface area contributed by atoms with Gasteiger partial charge in [0.1, 0.15) is 10.8 Å². The molecule has 2 heterocycles. The zero-order valence-corrected chi connectivity index (χ0v) is 16.1. The number of nitrogens with zero attached hydrogens (tertiary/aromatic N) is 5. The Morgan fingerprint density at radius 1 is 1.23 bits per heavy atom. The van der Waals surface area contributed by atoms with Gasteiger partial charge < -0.3 is 9.88 Å². The second-order valence-corrected chi connectivity index (χ2v) is 7.54. The Morgan fingerprint density at radius 3 is 2.73 bits per heavy atom. The van der Waals surface area contributed by atoms with Crippen LogP contribution in [0.15, 0.2) is 42.1 Å². The Morgan fingerprint density at radius 2 is 2.00 bits per heavy atom. The molecule has 0 saturated heterocycles. The lowest BCUT2D eigenvalue weighted by atomic mass is 10.2. The van der Waals surface area contributed by atoms with Gasteiger partial charge in [0.15, 0.2) is 5.16 Å². The molecule has 0 aliphatic rings. The number of anilines is 1. The molecule has 3 aromatic rings. The SMILES string of the molecule is C=CCn1c(C)nnc1SCc1nnc(C(=O)Nc2ccc(C)cc2)s1. The first-order valence-corrected chi connectivity index (χ1v) is 9.71. The van der Waals surface area contributed by atoms with E-state index in [4.69, 9.17) is 0 Å². The summed E-state index contributed by atoms with van der Waals surface area (Å²) >= 11 is 2.79. The van der Waals surface area contributed by atoms with E-state index < -0.39 is 0 Å². The highest BCUT2D eigenvalue weighted by molar-refractivity contribution is 7.98. The molecule has 0 fully saturated rings. The molecule has 0 saturated carbocycles. The van der Waals surface area contributed by atoms with E-state index in [9.17, 15) is 4.79 Å². The molecule has 2 aromatic heterocycles. The molecule has 0 bridgehead atoms. The van der Waals surface area contributed by atoms with Crippen LogP contribution in [0, 0.1) is 13.8 Å². The zero-order valence-electron chi connectivity index (χ0n) is 14.5. The Bertz CT molecular complexity index is 916. The lowest BCUT2D eigenvalue weighted by Gasteiger charge is -2.03. The highest BCUT2D eigenvalue weighted by Gasteiger charge is 2.15. The molecule has 0 unspecified atom stereocenters. The Labute approximate surface area is 159 Å². The van der Waals surface area contributed by atoms with Gasteiger partial charge in [-0.3, -0.25) is 4.79 Å². The summed E-state index contributed by atoms with van der Waals surface area (Å²) in [7, 11) is 0. The molecule has 1 N–H and O–H groups in total. The van der Waals surface area contributed by atoms with Gasteiger partial charge in [0, 0.05) is 12.2 Å². The van der Waals surface area contributed by atoms with Crippen LogP contribution in [-0.2, 0) is 12.3 Å². The summed E-state index contributed by atoms with van der Waals surface area (Å²) in [5.41, 5.74) is 1.87. The van der Waals surface area contributed by atoms with Gasteiger partial charge in [-0.05, 0) is 26.0 Å². The van der Waals surface area contributed by atoms with Gasteiger partial charge in [0.25, 0.3) is 5.91 Å². The maximum Gasteiger partial charge on any atom is 0.286 e. The fourth-order valence-corrected chi connectivity index (χ4v) is 3.87. The predicted octanol–water partition coefficient (Wildman–Crippen LogP) is 3.48. The largest absolute Gasteiger partial charge is 0.320 e. The average molecular weight is 387 g/mol. The van der Waals surface area contributed by atoms with Crippen molar-refractivity contribution in [3.05, 3.63) is 58.3 Å². The second-order valence-electron chi connectivity index (χ2n) is 5.54. The number of hydrogen-bond donors (Lipinski definition) is 1. The molecule has 0 atom stereocenters. The molecule has 3 rings (SSSR count). The topological polar surface area (TPSA) is 85.6 Å². The number of thioether (sulfide) groups is 1. The smallest absolute Gasteiger partial charge is 0.286 e. The van der Waals surface area contributed by atoms with Gasteiger partial charge in [0.2, 0.25) is 5.01 Å². The van der Waals surface area contributed by atoms with Crippen LogP contribution in [0.5, 0.6) is 0 Å². The van der Waals surface area contributed by atoms with Crippen LogP contribution in [0.4, 0.5) is 5.69 Å². The van der Waals surface area contributed by atoms with E-state index in [-0.39, 0.29) is 5.91 Å². The van der Waals surface area contributed by atoms with Crippen molar-refractivity contribution in [1.29, 1.82) is 0 Å². The maximum absolute atomic E-state index is 12.3. The molecule has 1 amide bonds. The van der Waals surface area contributed by atoms with Crippen molar-refractivity contribution in [3.8, 4) is 0 Å². The highest BCUT2D eigenvalue weighted by Crippen LogP contribution is 2.24. The van der Waals surface area contributed by atoms with E-state index in [1.54, 1.807) is 6.08 Å². The molecule has 0 spiro atoms. The van der Waals surface area contributed by atoms with Crippen LogP contribution >= 0.6 is 23.1 Å². The Kier molecular flexibility index (Phi) is 5.79. The molecule has 0 radical (unpaired) electrons. The Hall–Kier alpha value is -2.52. The predicted molar refractivity (Wildman–Crippen MR) is 104 cm³/mol. The number of carbonyl (C=O) groups is 1. The summed E-state index contributed by atoms with van der Waals surface area (Å²) in [6.07, 6.45) is 1.80. The van der Waals surface area contributed by atoms with Gasteiger partial charge >= 0.3 is 0 Å². The van der Waals surface area contributed by atoms with Crippen molar-refractivity contribution in [1.82, 2.24) is 25.0 Å². The lowest BCUT2D eigenvalue weighted by Crippen LogP contribution is -2.11. The quantitative estimate of drug-likeness (QED) is 0.494. The molecular formula is C17H18N6OS2. The first kappa shape index (κ1) is 18.3. The fraction of sp³-hybridized carbons (Fsp3) is 0.235. The number of aromatic nitrogens is 5. The molecule has 9 heteroatoms. The first-order chi connectivity index (χ1) is 12.6. The van der Waals surface area contributed by atoms with Crippen molar-refractivity contribution in [3.63, 3.8) is 0 Å². The van der Waals surface area contributed by atoms with Gasteiger partial charge in [-0.25, -0.2) is 0 Å². The molecule has 0 aliphatic heterocycles. The lowest BCUT2D eigenvalue weighted by molar-refractivity contribution is 0.102. The number of aryl methyl sites for hydroxylation is 2. The third-order valence-corrected chi connectivity index (χ3v) is 5.59. The zero-order chi connectivity index (χ0) is 18.5. The van der Waals surface area contributed by atoms with Crippen LogP contribution in [0.1, 0.15) is 26.2 Å². The van der Waals surface area contributed by atoms with Crippen molar-refractivity contribution in [2.75, 3.05) is 5.32 Å². The van der Waals surface area contributed by atoms with Gasteiger partial charge in [-0.1, -0.05) is 46.9 Å². The first-order valence-electron chi connectivity index (χ1n) is 7.90. The average Bonchev–Trinajstić information content (AvgIpc) is 3.23. The number of carbonyl (C=O) groups excluding carboxylic acids is 1. The molecule has 26 heavy (non-hydrogen) atoms. The summed E-state index contributed by atoms with van der Waals surface area (Å²) in [5, 5.41) is 21.0. The van der Waals surface area contributed by atoms with Crippen LogP contribution in [0.2, 0.25) is 0 Å². The van der Waals surface area contributed by atoms with Crippen LogP contribution in [0.3, 0.4) is 0 Å². The van der Waals surface area contributed by atoms with E-state index in [2.05, 4.69) is 32.3 Å². The van der Waals surface area contributed by atoms with Gasteiger partial charge in [-0.15, -0.1) is 27.0 Å².